The third kappa shape index (κ3) is 2.48. The van der Waals surface area contributed by atoms with E-state index in [2.05, 4.69) is 0 Å². The molecule has 80 valence electrons. The first-order chi connectivity index (χ1) is 7.18. The lowest BCUT2D eigenvalue weighted by molar-refractivity contribution is -0.122. The van der Waals surface area contributed by atoms with Gasteiger partial charge in [-0.25, -0.2) is 4.39 Å². The summed E-state index contributed by atoms with van der Waals surface area (Å²) >= 11 is 5.73. The minimum Gasteiger partial charge on any atom is -0.481 e. The Bertz CT molecular complexity index is 368. The molecule has 0 radical (unpaired) electrons. The van der Waals surface area contributed by atoms with Gasteiger partial charge in [-0.15, -0.1) is 0 Å². The van der Waals surface area contributed by atoms with Crippen molar-refractivity contribution in [2.45, 2.75) is 12.8 Å². The maximum Gasteiger partial charge on any atom is 0.174 e. The first kappa shape index (κ1) is 10.4. The van der Waals surface area contributed by atoms with Crippen LogP contribution in [0.25, 0.3) is 0 Å². The smallest absolute Gasteiger partial charge is 0.174 e. The van der Waals surface area contributed by atoms with E-state index in [9.17, 15) is 9.18 Å². The molecule has 0 heterocycles. The van der Waals surface area contributed by atoms with Gasteiger partial charge in [0.25, 0.3) is 0 Å². The first-order valence-electron chi connectivity index (χ1n) is 4.78. The zero-order valence-electron chi connectivity index (χ0n) is 8.00. The summed E-state index contributed by atoms with van der Waals surface area (Å²) < 4.78 is 18.3. The molecule has 1 aliphatic rings. The Balaban J connectivity index is 2.00. The summed E-state index contributed by atoms with van der Waals surface area (Å²) in [5, 5.41) is 0.193. The van der Waals surface area contributed by atoms with E-state index < -0.39 is 5.82 Å². The van der Waals surface area contributed by atoms with Crippen LogP contribution < -0.4 is 4.74 Å². The van der Waals surface area contributed by atoms with Crippen molar-refractivity contribution in [3.8, 4) is 5.75 Å². The molecule has 0 spiro atoms. The van der Waals surface area contributed by atoms with Crippen LogP contribution in [-0.2, 0) is 4.79 Å². The van der Waals surface area contributed by atoms with Crippen LogP contribution >= 0.6 is 11.6 Å². The summed E-state index contributed by atoms with van der Waals surface area (Å²) in [4.78, 5) is 11.3. The molecule has 0 aliphatic heterocycles. The normalized spacial score (nSPS) is 15.1. The molecule has 1 aromatic carbocycles. The van der Waals surface area contributed by atoms with Gasteiger partial charge in [-0.05, 0) is 25.0 Å². The fraction of sp³-hybridized carbons (Fsp3) is 0.364. The Kier molecular flexibility index (Phi) is 2.91. The van der Waals surface area contributed by atoms with Gasteiger partial charge in [-0.3, -0.25) is 4.79 Å². The highest BCUT2D eigenvalue weighted by Crippen LogP contribution is 2.31. The van der Waals surface area contributed by atoms with Crippen molar-refractivity contribution in [2.75, 3.05) is 6.61 Å². The molecule has 2 nitrogen and oxygen atoms in total. The van der Waals surface area contributed by atoms with Crippen molar-refractivity contribution in [1.29, 1.82) is 0 Å². The number of Topliss-reactive ketones (excluding diaryl/α,β-unsaturated/α-hetero) is 1. The minimum atomic E-state index is -0.536. The number of hydrogen-bond donors (Lipinski definition) is 0. The van der Waals surface area contributed by atoms with Crippen LogP contribution in [0, 0.1) is 11.7 Å². The number of ketones is 1. The molecule has 0 saturated heterocycles. The summed E-state index contributed by atoms with van der Waals surface area (Å²) in [5.74, 6) is -0.427. The molecular formula is C11H10ClFO2. The Morgan fingerprint density at radius 3 is 2.87 bits per heavy atom. The van der Waals surface area contributed by atoms with Crippen molar-refractivity contribution >= 4 is 17.4 Å². The number of ether oxygens (including phenoxy) is 1. The predicted octanol–water partition coefficient (Wildman–Crippen LogP) is 2.84. The van der Waals surface area contributed by atoms with Gasteiger partial charge in [0.05, 0.1) is 5.02 Å². The second kappa shape index (κ2) is 4.19. The fourth-order valence-electron chi connectivity index (χ4n) is 1.29. The van der Waals surface area contributed by atoms with Crippen LogP contribution in [0.2, 0.25) is 5.02 Å². The van der Waals surface area contributed by atoms with E-state index in [0.717, 1.165) is 12.8 Å². The second-order valence-corrected chi connectivity index (χ2v) is 3.99. The number of benzene rings is 1. The summed E-state index contributed by atoms with van der Waals surface area (Å²) in [6, 6.07) is 4.28. The van der Waals surface area contributed by atoms with Crippen molar-refractivity contribution in [1.82, 2.24) is 0 Å². The lowest BCUT2D eigenvalue weighted by atomic mass is 10.3. The molecule has 0 unspecified atom stereocenters. The highest BCUT2D eigenvalue weighted by molar-refractivity contribution is 6.32. The van der Waals surface area contributed by atoms with Crippen LogP contribution in [0.4, 0.5) is 4.39 Å². The molecule has 4 heteroatoms. The Morgan fingerprint density at radius 2 is 2.27 bits per heavy atom. The molecule has 0 N–H and O–H groups in total. The maximum absolute atomic E-state index is 13.2. The molecule has 0 aromatic heterocycles. The highest BCUT2D eigenvalue weighted by atomic mass is 35.5. The largest absolute Gasteiger partial charge is 0.481 e. The van der Waals surface area contributed by atoms with Gasteiger partial charge in [0.15, 0.2) is 17.3 Å². The predicted molar refractivity (Wildman–Crippen MR) is 54.6 cm³/mol. The molecule has 2 rings (SSSR count). The van der Waals surface area contributed by atoms with Crippen LogP contribution in [0.15, 0.2) is 18.2 Å². The van der Waals surface area contributed by atoms with Crippen molar-refractivity contribution in [3.05, 3.63) is 29.0 Å². The lowest BCUT2D eigenvalue weighted by Crippen LogP contribution is -2.13. The van der Waals surface area contributed by atoms with Crippen molar-refractivity contribution in [2.24, 2.45) is 5.92 Å². The summed E-state index contributed by atoms with van der Waals surface area (Å²) in [7, 11) is 0. The van der Waals surface area contributed by atoms with Crippen molar-refractivity contribution in [3.63, 3.8) is 0 Å². The third-order valence-electron chi connectivity index (χ3n) is 2.31. The maximum atomic E-state index is 13.2. The summed E-state index contributed by atoms with van der Waals surface area (Å²) in [6.07, 6.45) is 1.85. The van der Waals surface area contributed by atoms with Gasteiger partial charge in [-0.1, -0.05) is 17.7 Å². The second-order valence-electron chi connectivity index (χ2n) is 3.58. The lowest BCUT2D eigenvalue weighted by Gasteiger charge is -2.07. The molecule has 0 atom stereocenters. The van der Waals surface area contributed by atoms with Crippen LogP contribution in [0.5, 0.6) is 5.75 Å². The van der Waals surface area contributed by atoms with E-state index in [1.807, 2.05) is 0 Å². The molecule has 0 bridgehead atoms. The molecule has 1 aliphatic carbocycles. The van der Waals surface area contributed by atoms with Gasteiger partial charge in [0, 0.05) is 5.92 Å². The van der Waals surface area contributed by atoms with E-state index in [1.165, 1.54) is 18.2 Å². The number of carbonyl (C=O) groups is 1. The van der Waals surface area contributed by atoms with Gasteiger partial charge >= 0.3 is 0 Å². The van der Waals surface area contributed by atoms with Gasteiger partial charge in [0.1, 0.15) is 6.61 Å². The van der Waals surface area contributed by atoms with E-state index in [1.54, 1.807) is 0 Å². The highest BCUT2D eigenvalue weighted by Gasteiger charge is 2.29. The van der Waals surface area contributed by atoms with E-state index in [-0.39, 0.29) is 29.1 Å². The van der Waals surface area contributed by atoms with Gasteiger partial charge < -0.3 is 4.74 Å². The Morgan fingerprint density at radius 1 is 1.53 bits per heavy atom. The van der Waals surface area contributed by atoms with E-state index in [0.29, 0.717) is 0 Å². The summed E-state index contributed by atoms with van der Waals surface area (Å²) in [6.45, 7) is -0.0919. The molecule has 1 fully saturated rings. The summed E-state index contributed by atoms with van der Waals surface area (Å²) in [5.41, 5.74) is 0. The molecule has 1 saturated carbocycles. The molecule has 0 amide bonds. The third-order valence-corrected chi connectivity index (χ3v) is 2.61. The SMILES string of the molecule is O=C(COc1c(F)cccc1Cl)C1CC1. The number of rotatable bonds is 4. The zero-order valence-corrected chi connectivity index (χ0v) is 8.76. The average Bonchev–Trinajstić information content (AvgIpc) is 2.99. The topological polar surface area (TPSA) is 26.3 Å². The Labute approximate surface area is 92.0 Å². The molecular weight excluding hydrogens is 219 g/mol. The fourth-order valence-corrected chi connectivity index (χ4v) is 1.50. The van der Waals surface area contributed by atoms with Gasteiger partial charge in [0.2, 0.25) is 0 Å². The van der Waals surface area contributed by atoms with E-state index in [4.69, 9.17) is 16.3 Å². The molecule has 15 heavy (non-hydrogen) atoms. The standard InChI is InChI=1S/C11H10ClFO2/c12-8-2-1-3-9(13)11(8)15-6-10(14)7-4-5-7/h1-3,7H,4-6H2. The van der Waals surface area contributed by atoms with Crippen molar-refractivity contribution < 1.29 is 13.9 Å². The van der Waals surface area contributed by atoms with E-state index >= 15 is 0 Å². The van der Waals surface area contributed by atoms with Crippen LogP contribution in [0.3, 0.4) is 0 Å². The first-order valence-corrected chi connectivity index (χ1v) is 5.16. The number of halogens is 2. The Hall–Kier alpha value is -1.09. The number of hydrogen-bond acceptors (Lipinski definition) is 2. The zero-order chi connectivity index (χ0) is 10.8. The number of carbonyl (C=O) groups excluding carboxylic acids is 1. The minimum absolute atomic E-state index is 0.0225. The monoisotopic (exact) mass is 228 g/mol. The van der Waals surface area contributed by atoms with Gasteiger partial charge in [-0.2, -0.15) is 0 Å². The number of para-hydroxylation sites is 1. The van der Waals surface area contributed by atoms with Crippen LogP contribution in [0.1, 0.15) is 12.8 Å². The average molecular weight is 229 g/mol. The quantitative estimate of drug-likeness (QED) is 0.792. The van der Waals surface area contributed by atoms with Crippen LogP contribution in [-0.4, -0.2) is 12.4 Å². The molecule has 1 aromatic rings.